The molecule has 2 heterocycles. The van der Waals surface area contributed by atoms with E-state index in [9.17, 15) is 19.2 Å². The van der Waals surface area contributed by atoms with Gasteiger partial charge in [-0.2, -0.15) is 0 Å². The second-order valence-corrected chi connectivity index (χ2v) is 15.0. The van der Waals surface area contributed by atoms with E-state index in [1.807, 2.05) is 88.0 Å². The van der Waals surface area contributed by atoms with Gasteiger partial charge in [-0.3, -0.25) is 19.4 Å². The van der Waals surface area contributed by atoms with E-state index in [0.717, 1.165) is 45.5 Å². The molecule has 4 aromatic carbocycles. The van der Waals surface area contributed by atoms with Gasteiger partial charge in [0.15, 0.2) is 12.5 Å². The second-order valence-electron chi connectivity index (χ2n) is 15.0. The van der Waals surface area contributed by atoms with Crippen LogP contribution < -0.4 is 20.9 Å². The van der Waals surface area contributed by atoms with Crippen molar-refractivity contribution in [2.45, 2.75) is 65.8 Å². The van der Waals surface area contributed by atoms with Crippen LogP contribution in [0.15, 0.2) is 97.1 Å². The van der Waals surface area contributed by atoms with Gasteiger partial charge in [-0.25, -0.2) is 30.5 Å². The highest BCUT2D eigenvalue weighted by Crippen LogP contribution is 2.45. The summed E-state index contributed by atoms with van der Waals surface area (Å²) in [5.74, 6) is -2.07. The van der Waals surface area contributed by atoms with Gasteiger partial charge in [0.2, 0.25) is 11.8 Å². The van der Waals surface area contributed by atoms with Gasteiger partial charge in [-0.15, -0.1) is 0 Å². The zero-order valence-electron chi connectivity index (χ0n) is 34.6. The maximum absolute atomic E-state index is 13.7. The second kappa shape index (κ2) is 18.3. The van der Waals surface area contributed by atoms with Gasteiger partial charge in [0, 0.05) is 75.1 Å². The molecule has 0 fully saturated rings. The molecule has 0 radical (unpaired) electrons. The number of carbonyl (C=O) groups excluding carboxylic acids is 4. The van der Waals surface area contributed by atoms with Gasteiger partial charge in [-0.1, -0.05) is 97.8 Å². The lowest BCUT2D eigenvalue weighted by molar-refractivity contribution is -0.156. The highest BCUT2D eigenvalue weighted by atomic mass is 16.6. The molecule has 304 valence electrons. The molecule has 0 aliphatic carbocycles. The summed E-state index contributed by atoms with van der Waals surface area (Å²) in [6, 6.07) is 28.2. The summed E-state index contributed by atoms with van der Waals surface area (Å²) in [5, 5.41) is 2.97. The number of fused-ring (bicyclic) bond motifs is 2. The number of likely N-dealkylation sites (N-methyl/N-ethyl adjacent to an activating group) is 2. The number of esters is 2. The van der Waals surface area contributed by atoms with Crippen molar-refractivity contribution in [2.24, 2.45) is 0 Å². The van der Waals surface area contributed by atoms with Crippen molar-refractivity contribution < 1.29 is 28.7 Å². The van der Waals surface area contributed by atoms with Crippen molar-refractivity contribution in [3.8, 4) is 0 Å². The first-order valence-corrected chi connectivity index (χ1v) is 19.8. The fourth-order valence-electron chi connectivity index (χ4n) is 8.03. The lowest BCUT2D eigenvalue weighted by Crippen LogP contribution is -2.45. The number of anilines is 2. The molecule has 12 nitrogen and oxygen atoms in total. The Hall–Kier alpha value is -5.66. The number of amides is 2. The van der Waals surface area contributed by atoms with Crippen molar-refractivity contribution in [1.29, 1.82) is 0 Å². The maximum Gasteiger partial charge on any atom is 0.332 e. The summed E-state index contributed by atoms with van der Waals surface area (Å²) in [4.78, 5) is 57.1. The highest BCUT2D eigenvalue weighted by molar-refractivity contribution is 5.94. The Kier molecular flexibility index (Phi) is 13.2. The van der Waals surface area contributed by atoms with E-state index in [2.05, 4.69) is 59.4 Å². The molecule has 2 aliphatic rings. The number of hydrogen-bond acceptors (Lipinski definition) is 10. The minimum absolute atomic E-state index is 0.0613. The summed E-state index contributed by atoms with van der Waals surface area (Å²) >= 11 is 0. The summed E-state index contributed by atoms with van der Waals surface area (Å²) in [6.45, 7) is 12.9. The Morgan fingerprint density at radius 2 is 0.983 bits per heavy atom. The fraction of sp³-hybridized carbons (Fsp3) is 0.348. The maximum atomic E-state index is 13.7. The predicted molar refractivity (Wildman–Crippen MR) is 225 cm³/mol. The molecule has 12 heteroatoms. The molecular weight excluding hydrogens is 733 g/mol. The van der Waals surface area contributed by atoms with Crippen LogP contribution in [-0.4, -0.2) is 73.8 Å². The van der Waals surface area contributed by atoms with Crippen molar-refractivity contribution in [1.82, 2.24) is 20.7 Å². The molecule has 2 N–H and O–H groups in total. The molecule has 0 saturated carbocycles. The molecular formula is C46H54N6O6. The molecule has 0 spiro atoms. The van der Waals surface area contributed by atoms with E-state index in [0.29, 0.717) is 48.7 Å². The number of aryl methyl sites for hydroxylation is 2. The van der Waals surface area contributed by atoms with Crippen molar-refractivity contribution >= 4 is 35.1 Å². The molecule has 0 saturated heterocycles. The normalized spacial score (nSPS) is 19.2. The fourth-order valence-corrected chi connectivity index (χ4v) is 8.03. The van der Waals surface area contributed by atoms with Crippen molar-refractivity contribution in [3.05, 3.63) is 142 Å². The first-order chi connectivity index (χ1) is 27.8. The predicted octanol–water partition coefficient (Wildman–Crippen LogP) is 6.55. The van der Waals surface area contributed by atoms with Crippen LogP contribution in [0.3, 0.4) is 0 Å². The Balaban J connectivity index is 1.30. The Labute approximate surface area is 341 Å². The average Bonchev–Trinajstić information content (AvgIpc) is 3.20. The van der Waals surface area contributed by atoms with Crippen LogP contribution in [0.5, 0.6) is 0 Å². The van der Waals surface area contributed by atoms with Gasteiger partial charge in [0.25, 0.3) is 0 Å². The molecule has 4 aromatic rings. The SMILES string of the molecule is CCNN(C(C)=O)c1cccc2c1C(OC(=O)/C=C\C(=O)OC1c3c(cccc3N(NCC)C(C)=O)C(c3ccc(C)cc3)CN1C)N(C)CC2c1ccc(C)cc1. The first-order valence-electron chi connectivity index (χ1n) is 19.8. The summed E-state index contributed by atoms with van der Waals surface area (Å²) < 4.78 is 12.3. The number of carbonyl (C=O) groups is 4. The van der Waals surface area contributed by atoms with E-state index < -0.39 is 24.4 Å². The minimum Gasteiger partial charge on any atom is -0.439 e. The molecule has 2 amide bonds. The quantitative estimate of drug-likeness (QED) is 0.0929. The third-order valence-corrected chi connectivity index (χ3v) is 10.7. The van der Waals surface area contributed by atoms with Crippen LogP contribution in [0, 0.1) is 13.8 Å². The lowest BCUT2D eigenvalue weighted by atomic mass is 9.83. The highest BCUT2D eigenvalue weighted by Gasteiger charge is 2.39. The van der Waals surface area contributed by atoms with E-state index in [1.165, 1.54) is 23.9 Å². The Bertz CT molecular complexity index is 2020. The van der Waals surface area contributed by atoms with Crippen LogP contribution in [0.4, 0.5) is 11.4 Å². The summed E-state index contributed by atoms with van der Waals surface area (Å²) in [7, 11) is 3.75. The third-order valence-electron chi connectivity index (χ3n) is 10.7. The van der Waals surface area contributed by atoms with Gasteiger partial charge < -0.3 is 9.47 Å². The number of hydrogen-bond donors (Lipinski definition) is 2. The van der Waals surface area contributed by atoms with E-state index in [-0.39, 0.29) is 23.7 Å². The smallest absolute Gasteiger partial charge is 0.332 e. The van der Waals surface area contributed by atoms with E-state index >= 15 is 0 Å². The molecule has 4 unspecified atom stereocenters. The van der Waals surface area contributed by atoms with Gasteiger partial charge in [0.05, 0.1) is 11.4 Å². The van der Waals surface area contributed by atoms with Crippen molar-refractivity contribution in [3.63, 3.8) is 0 Å². The Morgan fingerprint density at radius 1 is 0.621 bits per heavy atom. The van der Waals surface area contributed by atoms with Crippen molar-refractivity contribution in [2.75, 3.05) is 50.3 Å². The molecule has 58 heavy (non-hydrogen) atoms. The van der Waals surface area contributed by atoms with Gasteiger partial charge >= 0.3 is 11.9 Å². The average molecular weight is 787 g/mol. The van der Waals surface area contributed by atoms with Crippen LogP contribution in [-0.2, 0) is 28.7 Å². The first kappa shape index (κ1) is 42.0. The molecule has 0 bridgehead atoms. The topological polar surface area (TPSA) is 124 Å². The van der Waals surface area contributed by atoms with Crippen LogP contribution in [0.1, 0.15) is 96.5 Å². The van der Waals surface area contributed by atoms with Crippen LogP contribution in [0.2, 0.25) is 0 Å². The van der Waals surface area contributed by atoms with Gasteiger partial charge in [0.1, 0.15) is 0 Å². The van der Waals surface area contributed by atoms with E-state index in [4.69, 9.17) is 9.47 Å². The zero-order chi connectivity index (χ0) is 41.7. The molecule has 4 atom stereocenters. The van der Waals surface area contributed by atoms with Gasteiger partial charge in [-0.05, 0) is 62.3 Å². The number of nitrogens with zero attached hydrogens (tertiary/aromatic N) is 4. The number of hydrazine groups is 2. The summed E-state index contributed by atoms with van der Waals surface area (Å²) in [6.07, 6.45) is 0.400. The standard InChI is InChI=1S/C46H54N6O6/c1-9-47-51(31(5)53)39-15-11-13-35-37(33-21-17-29(3)18-22-33)27-49(7)45(43(35)39)57-41(55)25-26-42(56)58-46-44-36(14-12-16-40(44)52(32(6)54)48-10-2)38(28-50(46)8)34-23-19-30(4)20-24-34/h11-26,37-38,45-48H,9-10,27-28H2,1-8H3/b26-25-. The monoisotopic (exact) mass is 786 g/mol. The number of ether oxygens (including phenoxy) is 2. The summed E-state index contributed by atoms with van der Waals surface area (Å²) in [5.41, 5.74) is 15.1. The minimum atomic E-state index is -0.872. The molecule has 6 rings (SSSR count). The number of rotatable bonds is 12. The van der Waals surface area contributed by atoms with E-state index in [1.54, 1.807) is 0 Å². The number of benzene rings is 4. The lowest BCUT2D eigenvalue weighted by Gasteiger charge is -2.41. The van der Waals surface area contributed by atoms with Crippen LogP contribution in [0.25, 0.3) is 0 Å². The van der Waals surface area contributed by atoms with Crippen LogP contribution >= 0.6 is 0 Å². The number of nitrogens with one attached hydrogen (secondary N) is 2. The Morgan fingerprint density at radius 3 is 1.31 bits per heavy atom. The zero-order valence-corrected chi connectivity index (χ0v) is 34.6. The third kappa shape index (κ3) is 8.90. The molecule has 0 aromatic heterocycles. The largest absolute Gasteiger partial charge is 0.439 e. The molecule has 2 aliphatic heterocycles.